The van der Waals surface area contributed by atoms with Crippen LogP contribution in [0.2, 0.25) is 0 Å². The van der Waals surface area contributed by atoms with Crippen molar-refractivity contribution in [2.75, 3.05) is 6.54 Å². The number of aromatic nitrogens is 2. The highest BCUT2D eigenvalue weighted by Crippen LogP contribution is 2.31. The smallest absolute Gasteiger partial charge is 0.137 e. The Kier molecular flexibility index (Phi) is 3.52. The minimum atomic E-state index is 0.262. The van der Waals surface area contributed by atoms with Gasteiger partial charge in [-0.1, -0.05) is 36.8 Å². The summed E-state index contributed by atoms with van der Waals surface area (Å²) in [5.74, 6) is 0.262. The number of fused-ring (bicyclic) bond motifs is 1. The standard InChI is InChI=1S/C18H21N3/c1-12-7-8-15(13(2)10-12)17-18(14(3)11-19)21-9-5-4-6-16(21)20-17/h4-10,14H,11,19H2,1-3H3. The molecule has 0 amide bonds. The van der Waals surface area contributed by atoms with Gasteiger partial charge in [0.2, 0.25) is 0 Å². The minimum absolute atomic E-state index is 0.262. The first kappa shape index (κ1) is 13.8. The third-order valence-corrected chi connectivity index (χ3v) is 4.02. The van der Waals surface area contributed by atoms with Crippen LogP contribution in [0, 0.1) is 13.8 Å². The van der Waals surface area contributed by atoms with Crippen LogP contribution in [-0.4, -0.2) is 15.9 Å². The van der Waals surface area contributed by atoms with Crippen molar-refractivity contribution in [3.63, 3.8) is 0 Å². The molecule has 0 spiro atoms. The van der Waals surface area contributed by atoms with Crippen molar-refractivity contribution in [1.82, 2.24) is 9.38 Å². The second-order valence-corrected chi connectivity index (χ2v) is 5.73. The van der Waals surface area contributed by atoms with Crippen molar-refractivity contribution in [2.24, 2.45) is 5.73 Å². The van der Waals surface area contributed by atoms with E-state index in [0.29, 0.717) is 6.54 Å². The van der Waals surface area contributed by atoms with Crippen LogP contribution in [0.25, 0.3) is 16.9 Å². The van der Waals surface area contributed by atoms with Gasteiger partial charge in [-0.25, -0.2) is 4.98 Å². The lowest BCUT2D eigenvalue weighted by Crippen LogP contribution is -2.12. The van der Waals surface area contributed by atoms with Crippen molar-refractivity contribution < 1.29 is 0 Å². The molecule has 0 aliphatic rings. The van der Waals surface area contributed by atoms with Gasteiger partial charge in [0.15, 0.2) is 0 Å². The Morgan fingerprint density at radius 2 is 2.00 bits per heavy atom. The summed E-state index contributed by atoms with van der Waals surface area (Å²) in [6.07, 6.45) is 2.07. The van der Waals surface area contributed by atoms with Gasteiger partial charge in [0.1, 0.15) is 5.65 Å². The van der Waals surface area contributed by atoms with E-state index in [1.165, 1.54) is 22.4 Å². The van der Waals surface area contributed by atoms with Crippen molar-refractivity contribution in [3.8, 4) is 11.3 Å². The van der Waals surface area contributed by atoms with E-state index in [9.17, 15) is 0 Å². The highest BCUT2D eigenvalue weighted by atomic mass is 15.0. The molecule has 1 atom stereocenters. The van der Waals surface area contributed by atoms with Crippen molar-refractivity contribution in [3.05, 3.63) is 59.4 Å². The molecule has 0 saturated carbocycles. The SMILES string of the molecule is Cc1ccc(-c2nc3ccccn3c2C(C)CN)c(C)c1. The molecule has 3 heteroatoms. The van der Waals surface area contributed by atoms with Gasteiger partial charge in [0.05, 0.1) is 11.4 Å². The molecule has 1 aromatic carbocycles. The number of aryl methyl sites for hydroxylation is 2. The van der Waals surface area contributed by atoms with E-state index >= 15 is 0 Å². The summed E-state index contributed by atoms with van der Waals surface area (Å²) in [5.41, 5.74) is 12.9. The highest BCUT2D eigenvalue weighted by molar-refractivity contribution is 5.70. The zero-order valence-electron chi connectivity index (χ0n) is 12.8. The average molecular weight is 279 g/mol. The van der Waals surface area contributed by atoms with E-state index in [2.05, 4.69) is 49.6 Å². The largest absolute Gasteiger partial charge is 0.330 e. The first-order chi connectivity index (χ1) is 10.1. The molecule has 108 valence electrons. The summed E-state index contributed by atoms with van der Waals surface area (Å²) in [5, 5.41) is 0. The Hall–Kier alpha value is -2.13. The summed E-state index contributed by atoms with van der Waals surface area (Å²) in [6, 6.07) is 12.6. The summed E-state index contributed by atoms with van der Waals surface area (Å²) in [4.78, 5) is 4.85. The number of hydrogen-bond acceptors (Lipinski definition) is 2. The summed E-state index contributed by atoms with van der Waals surface area (Å²) in [7, 11) is 0. The Bertz CT molecular complexity index is 786. The van der Waals surface area contributed by atoms with Gasteiger partial charge >= 0.3 is 0 Å². The lowest BCUT2D eigenvalue weighted by Gasteiger charge is -2.13. The molecule has 3 rings (SSSR count). The number of benzene rings is 1. The van der Waals surface area contributed by atoms with Gasteiger partial charge in [-0.3, -0.25) is 0 Å². The molecule has 0 fully saturated rings. The zero-order chi connectivity index (χ0) is 15.0. The van der Waals surface area contributed by atoms with Gasteiger partial charge in [0, 0.05) is 24.2 Å². The van der Waals surface area contributed by atoms with E-state index < -0.39 is 0 Å². The monoisotopic (exact) mass is 279 g/mol. The molecule has 3 nitrogen and oxygen atoms in total. The molecule has 0 bridgehead atoms. The van der Waals surface area contributed by atoms with Crippen LogP contribution in [0.1, 0.15) is 29.7 Å². The van der Waals surface area contributed by atoms with Crippen LogP contribution >= 0.6 is 0 Å². The predicted molar refractivity (Wildman–Crippen MR) is 87.6 cm³/mol. The fourth-order valence-electron chi connectivity index (χ4n) is 2.87. The molecule has 0 aliphatic carbocycles. The van der Waals surface area contributed by atoms with Crippen LogP contribution in [0.4, 0.5) is 0 Å². The fraction of sp³-hybridized carbons (Fsp3) is 0.278. The van der Waals surface area contributed by atoms with Crippen molar-refractivity contribution >= 4 is 5.65 Å². The number of nitrogens with zero attached hydrogens (tertiary/aromatic N) is 2. The van der Waals surface area contributed by atoms with Crippen LogP contribution < -0.4 is 5.73 Å². The molecule has 2 heterocycles. The molecule has 0 saturated heterocycles. The third kappa shape index (κ3) is 2.34. The average Bonchev–Trinajstić information content (AvgIpc) is 2.85. The van der Waals surface area contributed by atoms with Gasteiger partial charge in [-0.05, 0) is 31.5 Å². The van der Waals surface area contributed by atoms with Crippen molar-refractivity contribution in [1.29, 1.82) is 0 Å². The topological polar surface area (TPSA) is 43.3 Å². The van der Waals surface area contributed by atoms with Crippen LogP contribution in [-0.2, 0) is 0 Å². The van der Waals surface area contributed by atoms with Crippen LogP contribution in [0.15, 0.2) is 42.6 Å². The van der Waals surface area contributed by atoms with Gasteiger partial charge < -0.3 is 10.1 Å². The molecule has 1 unspecified atom stereocenters. The van der Waals surface area contributed by atoms with E-state index in [1.807, 2.05) is 18.2 Å². The maximum Gasteiger partial charge on any atom is 0.137 e. The quantitative estimate of drug-likeness (QED) is 0.794. The van der Waals surface area contributed by atoms with Gasteiger partial charge in [-0.2, -0.15) is 0 Å². The summed E-state index contributed by atoms with van der Waals surface area (Å²) >= 11 is 0. The first-order valence-corrected chi connectivity index (χ1v) is 7.36. The van der Waals surface area contributed by atoms with Crippen molar-refractivity contribution in [2.45, 2.75) is 26.7 Å². The zero-order valence-corrected chi connectivity index (χ0v) is 12.8. The summed E-state index contributed by atoms with van der Waals surface area (Å²) in [6.45, 7) is 7.02. The predicted octanol–water partition coefficient (Wildman–Crippen LogP) is 3.68. The van der Waals surface area contributed by atoms with Gasteiger partial charge in [-0.15, -0.1) is 0 Å². The van der Waals surface area contributed by atoms with E-state index in [4.69, 9.17) is 10.7 Å². The Morgan fingerprint density at radius 1 is 1.19 bits per heavy atom. The van der Waals surface area contributed by atoms with Crippen LogP contribution in [0.3, 0.4) is 0 Å². The molecule has 21 heavy (non-hydrogen) atoms. The van der Waals surface area contributed by atoms with Crippen LogP contribution in [0.5, 0.6) is 0 Å². The number of hydrogen-bond donors (Lipinski definition) is 1. The maximum absolute atomic E-state index is 5.92. The molecular formula is C18H21N3. The van der Waals surface area contributed by atoms with E-state index in [1.54, 1.807) is 0 Å². The molecule has 3 aromatic rings. The molecular weight excluding hydrogens is 258 g/mol. The molecule has 0 aliphatic heterocycles. The third-order valence-electron chi connectivity index (χ3n) is 4.02. The molecule has 0 radical (unpaired) electrons. The number of imidazole rings is 1. The van der Waals surface area contributed by atoms with E-state index in [-0.39, 0.29) is 5.92 Å². The van der Waals surface area contributed by atoms with E-state index in [0.717, 1.165) is 11.3 Å². The Labute approximate surface area is 125 Å². The van der Waals surface area contributed by atoms with Gasteiger partial charge in [0.25, 0.3) is 0 Å². The minimum Gasteiger partial charge on any atom is -0.330 e. The Morgan fingerprint density at radius 3 is 2.71 bits per heavy atom. The highest BCUT2D eigenvalue weighted by Gasteiger charge is 2.19. The summed E-state index contributed by atoms with van der Waals surface area (Å²) < 4.78 is 2.16. The Balaban J connectivity index is 2.31. The molecule has 2 N–H and O–H groups in total. The number of nitrogens with two attached hydrogens (primary N) is 1. The lowest BCUT2D eigenvalue weighted by atomic mass is 9.97. The molecule has 2 aromatic heterocycles. The maximum atomic E-state index is 5.92. The number of pyridine rings is 1. The second-order valence-electron chi connectivity index (χ2n) is 5.73. The fourth-order valence-corrected chi connectivity index (χ4v) is 2.87. The second kappa shape index (κ2) is 5.34. The first-order valence-electron chi connectivity index (χ1n) is 7.36. The lowest BCUT2D eigenvalue weighted by molar-refractivity contribution is 0.738. The number of rotatable bonds is 3. The normalized spacial score (nSPS) is 12.8.